The molecular weight excluding hydrogens is 290 g/mol. The summed E-state index contributed by atoms with van der Waals surface area (Å²) in [4.78, 5) is 11.6. The molecule has 0 amide bonds. The number of sulfonamides is 1. The van der Waals surface area contributed by atoms with E-state index in [9.17, 15) is 13.2 Å². The SMILES string of the molecule is CC(C)OC(=O)c1ccc(NS(=O)(=O)CCCl)cc1. The van der Waals surface area contributed by atoms with Crippen molar-refractivity contribution in [1.82, 2.24) is 0 Å². The van der Waals surface area contributed by atoms with Gasteiger partial charge in [-0.3, -0.25) is 4.72 Å². The number of hydrogen-bond acceptors (Lipinski definition) is 4. The number of ether oxygens (including phenoxy) is 1. The van der Waals surface area contributed by atoms with Crippen LogP contribution >= 0.6 is 11.6 Å². The lowest BCUT2D eigenvalue weighted by Crippen LogP contribution is -2.17. The average Bonchev–Trinajstić information content (AvgIpc) is 2.28. The first-order chi connectivity index (χ1) is 8.84. The number of anilines is 1. The normalized spacial score (nSPS) is 11.4. The smallest absolute Gasteiger partial charge is 0.338 e. The topological polar surface area (TPSA) is 72.5 Å². The number of carbonyl (C=O) groups is 1. The van der Waals surface area contributed by atoms with Crippen LogP contribution in [0.1, 0.15) is 24.2 Å². The van der Waals surface area contributed by atoms with Crippen molar-refractivity contribution in [3.05, 3.63) is 29.8 Å². The van der Waals surface area contributed by atoms with Crippen LogP contribution in [-0.4, -0.2) is 32.1 Å². The van der Waals surface area contributed by atoms with Crippen molar-refractivity contribution >= 4 is 33.3 Å². The van der Waals surface area contributed by atoms with Crippen LogP contribution in [0.25, 0.3) is 0 Å². The first-order valence-electron chi connectivity index (χ1n) is 5.71. The molecule has 19 heavy (non-hydrogen) atoms. The lowest BCUT2D eigenvalue weighted by Gasteiger charge is -2.09. The van der Waals surface area contributed by atoms with Crippen LogP contribution in [-0.2, 0) is 14.8 Å². The van der Waals surface area contributed by atoms with Gasteiger partial charge < -0.3 is 4.74 Å². The Morgan fingerprint density at radius 2 is 1.89 bits per heavy atom. The number of hydrogen-bond donors (Lipinski definition) is 1. The third-order valence-corrected chi connectivity index (χ3v) is 3.78. The maximum absolute atomic E-state index is 11.6. The molecule has 0 aliphatic heterocycles. The van der Waals surface area contributed by atoms with Gasteiger partial charge in [-0.15, -0.1) is 11.6 Å². The quantitative estimate of drug-likeness (QED) is 0.646. The number of rotatable bonds is 6. The molecule has 0 heterocycles. The van der Waals surface area contributed by atoms with E-state index < -0.39 is 16.0 Å². The molecule has 0 aromatic heterocycles. The number of benzene rings is 1. The summed E-state index contributed by atoms with van der Waals surface area (Å²) in [7, 11) is -3.43. The fourth-order valence-corrected chi connectivity index (χ4v) is 2.70. The highest BCUT2D eigenvalue weighted by Crippen LogP contribution is 2.13. The maximum atomic E-state index is 11.6. The average molecular weight is 306 g/mol. The second-order valence-corrected chi connectivity index (χ2v) is 6.36. The van der Waals surface area contributed by atoms with Crippen LogP contribution < -0.4 is 4.72 Å². The standard InChI is InChI=1S/C12H16ClNO4S/c1-9(2)18-12(15)10-3-5-11(6-4-10)14-19(16,17)8-7-13/h3-6,9,14H,7-8H2,1-2H3. The van der Waals surface area contributed by atoms with Gasteiger partial charge in [0.15, 0.2) is 0 Å². The highest BCUT2D eigenvalue weighted by molar-refractivity contribution is 7.92. The molecule has 0 spiro atoms. The lowest BCUT2D eigenvalue weighted by atomic mass is 10.2. The summed E-state index contributed by atoms with van der Waals surface area (Å²) in [6.45, 7) is 3.51. The van der Waals surface area contributed by atoms with Crippen molar-refractivity contribution in [1.29, 1.82) is 0 Å². The van der Waals surface area contributed by atoms with Gasteiger partial charge in [-0.2, -0.15) is 0 Å². The van der Waals surface area contributed by atoms with E-state index in [1.807, 2.05) is 0 Å². The van der Waals surface area contributed by atoms with Crippen LogP contribution in [0.3, 0.4) is 0 Å². The third kappa shape index (κ3) is 5.48. The Balaban J connectivity index is 2.74. The third-order valence-electron chi connectivity index (χ3n) is 2.08. The van der Waals surface area contributed by atoms with Crippen molar-refractivity contribution in [3.8, 4) is 0 Å². The Hall–Kier alpha value is -1.27. The van der Waals surface area contributed by atoms with E-state index >= 15 is 0 Å². The summed E-state index contributed by atoms with van der Waals surface area (Å²) in [5.41, 5.74) is 0.750. The van der Waals surface area contributed by atoms with Gasteiger partial charge in [0.25, 0.3) is 0 Å². The predicted molar refractivity (Wildman–Crippen MR) is 75.1 cm³/mol. The van der Waals surface area contributed by atoms with Crippen molar-refractivity contribution in [2.75, 3.05) is 16.4 Å². The Kier molecular flexibility index (Phi) is 5.62. The molecule has 0 saturated heterocycles. The summed E-state index contributed by atoms with van der Waals surface area (Å²) < 4.78 is 30.3. The molecule has 0 fully saturated rings. The molecule has 0 bridgehead atoms. The monoisotopic (exact) mass is 305 g/mol. The summed E-state index contributed by atoms with van der Waals surface area (Å²) in [6, 6.07) is 6.01. The fraction of sp³-hybridized carbons (Fsp3) is 0.417. The molecule has 1 N–H and O–H groups in total. The van der Waals surface area contributed by atoms with E-state index in [1.54, 1.807) is 13.8 Å². The van der Waals surface area contributed by atoms with Crippen molar-refractivity contribution in [2.24, 2.45) is 0 Å². The zero-order chi connectivity index (χ0) is 14.5. The van der Waals surface area contributed by atoms with Crippen LogP contribution in [0.5, 0.6) is 0 Å². The van der Waals surface area contributed by atoms with Crippen molar-refractivity contribution in [2.45, 2.75) is 20.0 Å². The molecule has 0 atom stereocenters. The number of carbonyl (C=O) groups excluding carboxylic acids is 1. The molecule has 0 saturated carbocycles. The first-order valence-corrected chi connectivity index (χ1v) is 7.90. The van der Waals surface area contributed by atoms with Gasteiger partial charge in [0.1, 0.15) is 0 Å². The van der Waals surface area contributed by atoms with Crippen LogP contribution in [0.4, 0.5) is 5.69 Å². The van der Waals surface area contributed by atoms with Crippen LogP contribution in [0.2, 0.25) is 0 Å². The van der Waals surface area contributed by atoms with Gasteiger partial charge >= 0.3 is 5.97 Å². The highest BCUT2D eigenvalue weighted by atomic mass is 35.5. The maximum Gasteiger partial charge on any atom is 0.338 e. The zero-order valence-electron chi connectivity index (χ0n) is 10.7. The molecular formula is C12H16ClNO4S. The molecule has 0 radical (unpaired) electrons. The fourth-order valence-electron chi connectivity index (χ4n) is 1.29. The molecule has 1 aromatic rings. The summed E-state index contributed by atoms with van der Waals surface area (Å²) in [5, 5.41) is 0. The van der Waals surface area contributed by atoms with E-state index in [2.05, 4.69) is 4.72 Å². The number of alkyl halides is 1. The Bertz CT molecular complexity index is 525. The van der Waals surface area contributed by atoms with Crippen molar-refractivity contribution < 1.29 is 17.9 Å². The van der Waals surface area contributed by atoms with E-state index in [0.717, 1.165) is 0 Å². The number of nitrogens with one attached hydrogen (secondary N) is 1. The van der Waals surface area contributed by atoms with Gasteiger partial charge in [0, 0.05) is 11.6 Å². The van der Waals surface area contributed by atoms with Gasteiger partial charge in [-0.25, -0.2) is 13.2 Å². The van der Waals surface area contributed by atoms with Crippen molar-refractivity contribution in [3.63, 3.8) is 0 Å². The second kappa shape index (κ2) is 6.77. The van der Waals surface area contributed by atoms with Gasteiger partial charge in [-0.1, -0.05) is 0 Å². The molecule has 0 aliphatic rings. The zero-order valence-corrected chi connectivity index (χ0v) is 12.3. The number of esters is 1. The van der Waals surface area contributed by atoms with Gasteiger partial charge in [-0.05, 0) is 38.1 Å². The predicted octanol–water partition coefficient (Wildman–Crippen LogP) is 2.23. The van der Waals surface area contributed by atoms with E-state index in [-0.39, 0.29) is 17.7 Å². The molecule has 5 nitrogen and oxygen atoms in total. The minimum atomic E-state index is -3.43. The molecule has 106 valence electrons. The molecule has 7 heteroatoms. The first kappa shape index (κ1) is 15.8. The Morgan fingerprint density at radius 3 is 2.37 bits per heavy atom. The van der Waals surface area contributed by atoms with E-state index in [4.69, 9.17) is 16.3 Å². The summed E-state index contributed by atoms with van der Waals surface area (Å²) in [5.74, 6) is -0.579. The second-order valence-electron chi connectivity index (χ2n) is 4.14. The molecule has 0 unspecified atom stereocenters. The van der Waals surface area contributed by atoms with Gasteiger partial charge in [0.05, 0.1) is 17.4 Å². The minimum absolute atomic E-state index is 0.0220. The molecule has 1 rings (SSSR count). The Labute approximate surface area is 118 Å². The summed E-state index contributed by atoms with van der Waals surface area (Å²) >= 11 is 5.39. The lowest BCUT2D eigenvalue weighted by molar-refractivity contribution is 0.0378. The highest BCUT2D eigenvalue weighted by Gasteiger charge is 2.11. The largest absolute Gasteiger partial charge is 0.459 e. The van der Waals surface area contributed by atoms with E-state index in [0.29, 0.717) is 11.3 Å². The van der Waals surface area contributed by atoms with Crippen LogP contribution in [0, 0.1) is 0 Å². The minimum Gasteiger partial charge on any atom is -0.459 e. The van der Waals surface area contributed by atoms with E-state index in [1.165, 1.54) is 24.3 Å². The van der Waals surface area contributed by atoms with Gasteiger partial charge in [0.2, 0.25) is 10.0 Å². The molecule has 1 aromatic carbocycles. The molecule has 0 aliphatic carbocycles. The summed E-state index contributed by atoms with van der Waals surface area (Å²) in [6.07, 6.45) is -0.200. The Morgan fingerprint density at radius 1 is 1.32 bits per heavy atom. The number of halogens is 1. The van der Waals surface area contributed by atoms with Crippen LogP contribution in [0.15, 0.2) is 24.3 Å².